The Morgan fingerprint density at radius 3 is 1.77 bits per heavy atom. The molecule has 0 aliphatic rings. The Morgan fingerprint density at radius 2 is 1.36 bits per heavy atom. The summed E-state index contributed by atoms with van der Waals surface area (Å²) in [5, 5.41) is 9.23. The lowest BCUT2D eigenvalue weighted by Gasteiger charge is -2.22. The molecular formula is C15H30N2O5. The minimum Gasteiger partial charge on any atom is -0.394 e. The third-order valence-corrected chi connectivity index (χ3v) is 3.41. The molecule has 0 saturated carbocycles. The molecule has 2 amide bonds. The molecule has 0 aliphatic heterocycles. The van der Waals surface area contributed by atoms with Gasteiger partial charge in [-0.15, -0.1) is 0 Å². The molecule has 0 bridgehead atoms. The molecule has 0 aromatic heterocycles. The highest BCUT2D eigenvalue weighted by Gasteiger charge is 2.16. The SMILES string of the molecule is CCN(CC)C(=O)COCC(CO)OCC(=O)N(CC)CC. The van der Waals surface area contributed by atoms with Crippen LogP contribution >= 0.6 is 0 Å². The highest BCUT2D eigenvalue weighted by Crippen LogP contribution is 1.98. The van der Waals surface area contributed by atoms with Crippen LogP contribution < -0.4 is 0 Å². The zero-order valence-corrected chi connectivity index (χ0v) is 14.2. The minimum absolute atomic E-state index is 0.0501. The van der Waals surface area contributed by atoms with E-state index < -0.39 is 6.10 Å². The maximum atomic E-state index is 11.8. The van der Waals surface area contributed by atoms with Gasteiger partial charge in [-0.2, -0.15) is 0 Å². The first-order chi connectivity index (χ1) is 10.5. The maximum Gasteiger partial charge on any atom is 0.248 e. The van der Waals surface area contributed by atoms with Gasteiger partial charge in [0.05, 0.1) is 13.2 Å². The lowest BCUT2D eigenvalue weighted by molar-refractivity contribution is -0.144. The zero-order valence-electron chi connectivity index (χ0n) is 14.2. The molecule has 0 aromatic carbocycles. The standard InChI is InChI=1S/C15H30N2O5/c1-5-16(6-2)14(19)11-21-10-13(9-18)22-12-15(20)17(7-3)8-4/h13,18H,5-12H2,1-4H3. The van der Waals surface area contributed by atoms with Crippen molar-refractivity contribution in [2.75, 3.05) is 52.6 Å². The molecule has 1 atom stereocenters. The summed E-state index contributed by atoms with van der Waals surface area (Å²) in [6.07, 6.45) is -0.607. The van der Waals surface area contributed by atoms with E-state index in [1.807, 2.05) is 27.7 Å². The van der Waals surface area contributed by atoms with Crippen molar-refractivity contribution >= 4 is 11.8 Å². The van der Waals surface area contributed by atoms with Gasteiger partial charge in [-0.1, -0.05) is 0 Å². The molecule has 0 fully saturated rings. The molecule has 0 spiro atoms. The molecule has 0 heterocycles. The van der Waals surface area contributed by atoms with E-state index in [0.717, 1.165) is 0 Å². The van der Waals surface area contributed by atoms with Gasteiger partial charge in [0.25, 0.3) is 0 Å². The first kappa shape index (κ1) is 20.8. The van der Waals surface area contributed by atoms with Crippen LogP contribution in [0, 0.1) is 0 Å². The number of carbonyl (C=O) groups excluding carboxylic acids is 2. The Kier molecular flexibility index (Phi) is 11.7. The van der Waals surface area contributed by atoms with Crippen molar-refractivity contribution in [2.24, 2.45) is 0 Å². The van der Waals surface area contributed by atoms with Gasteiger partial charge in [-0.3, -0.25) is 9.59 Å². The van der Waals surface area contributed by atoms with Crippen molar-refractivity contribution < 1.29 is 24.2 Å². The van der Waals surface area contributed by atoms with Crippen molar-refractivity contribution in [1.82, 2.24) is 9.80 Å². The van der Waals surface area contributed by atoms with Crippen LogP contribution in [0.2, 0.25) is 0 Å². The summed E-state index contributed by atoms with van der Waals surface area (Å²) in [7, 11) is 0. The van der Waals surface area contributed by atoms with Crippen LogP contribution in [0.5, 0.6) is 0 Å². The lowest BCUT2D eigenvalue weighted by Crippen LogP contribution is -2.37. The van der Waals surface area contributed by atoms with E-state index in [1.165, 1.54) is 0 Å². The monoisotopic (exact) mass is 318 g/mol. The largest absolute Gasteiger partial charge is 0.394 e. The molecule has 0 rings (SSSR count). The number of carbonyl (C=O) groups is 2. The number of aliphatic hydroxyl groups excluding tert-OH is 1. The molecule has 1 unspecified atom stereocenters. The third kappa shape index (κ3) is 7.72. The highest BCUT2D eigenvalue weighted by molar-refractivity contribution is 5.77. The fourth-order valence-corrected chi connectivity index (χ4v) is 1.96. The third-order valence-electron chi connectivity index (χ3n) is 3.41. The van der Waals surface area contributed by atoms with E-state index in [1.54, 1.807) is 9.80 Å². The number of hydrogen-bond donors (Lipinski definition) is 1. The second-order valence-corrected chi connectivity index (χ2v) is 4.76. The summed E-state index contributed by atoms with van der Waals surface area (Å²) in [5.74, 6) is -0.219. The molecule has 0 saturated heterocycles. The summed E-state index contributed by atoms with van der Waals surface area (Å²) in [5.41, 5.74) is 0. The normalized spacial score (nSPS) is 12.0. The zero-order chi connectivity index (χ0) is 17.0. The first-order valence-electron chi connectivity index (χ1n) is 7.89. The van der Waals surface area contributed by atoms with Crippen LogP contribution in [-0.4, -0.2) is 85.4 Å². The van der Waals surface area contributed by atoms with Gasteiger partial charge in [-0.25, -0.2) is 0 Å². The Labute approximate surface area is 133 Å². The van der Waals surface area contributed by atoms with E-state index in [9.17, 15) is 14.7 Å². The summed E-state index contributed by atoms with van der Waals surface area (Å²) in [6, 6.07) is 0. The average molecular weight is 318 g/mol. The average Bonchev–Trinajstić information content (AvgIpc) is 2.52. The second-order valence-electron chi connectivity index (χ2n) is 4.76. The van der Waals surface area contributed by atoms with Crippen LogP contribution in [0.1, 0.15) is 27.7 Å². The van der Waals surface area contributed by atoms with Gasteiger partial charge in [-0.05, 0) is 27.7 Å². The Hall–Kier alpha value is -1.18. The van der Waals surface area contributed by atoms with Crippen molar-refractivity contribution in [2.45, 2.75) is 33.8 Å². The predicted molar refractivity (Wildman–Crippen MR) is 83.5 cm³/mol. The van der Waals surface area contributed by atoms with E-state index >= 15 is 0 Å². The number of amides is 2. The van der Waals surface area contributed by atoms with Crippen LogP contribution in [-0.2, 0) is 19.1 Å². The summed E-state index contributed by atoms with van der Waals surface area (Å²) < 4.78 is 10.6. The second kappa shape index (κ2) is 12.4. The van der Waals surface area contributed by atoms with E-state index in [2.05, 4.69) is 0 Å². The predicted octanol–water partition coefficient (Wildman–Crippen LogP) is 0.117. The lowest BCUT2D eigenvalue weighted by atomic mass is 10.4. The van der Waals surface area contributed by atoms with Crippen LogP contribution in [0.4, 0.5) is 0 Å². The van der Waals surface area contributed by atoms with E-state index in [4.69, 9.17) is 9.47 Å². The van der Waals surface area contributed by atoms with Gasteiger partial charge in [0.1, 0.15) is 19.3 Å². The minimum atomic E-state index is -0.607. The molecular weight excluding hydrogens is 288 g/mol. The number of nitrogens with zero attached hydrogens (tertiary/aromatic N) is 2. The first-order valence-corrected chi connectivity index (χ1v) is 7.89. The summed E-state index contributed by atoms with van der Waals surface area (Å²) >= 11 is 0. The Bertz CT molecular complexity index is 317. The number of likely N-dealkylation sites (N-methyl/N-ethyl adjacent to an activating group) is 2. The molecule has 0 aromatic rings. The Balaban J connectivity index is 4.07. The maximum absolute atomic E-state index is 11.8. The van der Waals surface area contributed by atoms with Crippen molar-refractivity contribution in [3.8, 4) is 0 Å². The summed E-state index contributed by atoms with van der Waals surface area (Å²) in [6.45, 7) is 9.79. The van der Waals surface area contributed by atoms with E-state index in [-0.39, 0.29) is 38.2 Å². The number of aliphatic hydroxyl groups is 1. The van der Waals surface area contributed by atoms with Crippen molar-refractivity contribution in [1.29, 1.82) is 0 Å². The number of ether oxygens (including phenoxy) is 2. The summed E-state index contributed by atoms with van der Waals surface area (Å²) in [4.78, 5) is 26.9. The molecule has 130 valence electrons. The Morgan fingerprint density at radius 1 is 0.909 bits per heavy atom. The quantitative estimate of drug-likeness (QED) is 0.553. The fraction of sp³-hybridized carbons (Fsp3) is 0.867. The molecule has 0 radical (unpaired) electrons. The van der Waals surface area contributed by atoms with Crippen molar-refractivity contribution in [3.63, 3.8) is 0 Å². The van der Waals surface area contributed by atoms with Gasteiger partial charge < -0.3 is 24.4 Å². The van der Waals surface area contributed by atoms with Gasteiger partial charge in [0.2, 0.25) is 11.8 Å². The fourth-order valence-electron chi connectivity index (χ4n) is 1.96. The molecule has 7 heteroatoms. The highest BCUT2D eigenvalue weighted by atomic mass is 16.5. The van der Waals surface area contributed by atoms with Gasteiger partial charge >= 0.3 is 0 Å². The molecule has 7 nitrogen and oxygen atoms in total. The number of hydrogen-bond acceptors (Lipinski definition) is 5. The van der Waals surface area contributed by atoms with Crippen LogP contribution in [0.15, 0.2) is 0 Å². The molecule has 22 heavy (non-hydrogen) atoms. The topological polar surface area (TPSA) is 79.3 Å². The molecule has 1 N–H and O–H groups in total. The van der Waals surface area contributed by atoms with Gasteiger partial charge in [0.15, 0.2) is 0 Å². The smallest absolute Gasteiger partial charge is 0.248 e. The van der Waals surface area contributed by atoms with Crippen LogP contribution in [0.25, 0.3) is 0 Å². The van der Waals surface area contributed by atoms with Crippen molar-refractivity contribution in [3.05, 3.63) is 0 Å². The molecule has 0 aliphatic carbocycles. The van der Waals surface area contributed by atoms with Gasteiger partial charge in [0, 0.05) is 26.2 Å². The number of rotatable bonds is 12. The van der Waals surface area contributed by atoms with E-state index in [0.29, 0.717) is 26.2 Å². The van der Waals surface area contributed by atoms with Crippen LogP contribution in [0.3, 0.4) is 0 Å².